The van der Waals surface area contributed by atoms with Gasteiger partial charge < -0.3 is 14.8 Å². The summed E-state index contributed by atoms with van der Waals surface area (Å²) in [6.07, 6.45) is -2.96. The van der Waals surface area contributed by atoms with Crippen molar-refractivity contribution in [3.63, 3.8) is 0 Å². The topological polar surface area (TPSA) is 59.9 Å². The van der Waals surface area contributed by atoms with Crippen LogP contribution in [0.3, 0.4) is 0 Å². The first kappa shape index (κ1) is 18.7. The number of carbonyl (C=O) groups excluding carboxylic acids is 1. The Kier molecular flexibility index (Phi) is 4.72. The molecule has 0 aromatic heterocycles. The van der Waals surface area contributed by atoms with E-state index < -0.39 is 22.7 Å². The van der Waals surface area contributed by atoms with E-state index in [9.17, 15) is 18.0 Å². The molecule has 1 saturated heterocycles. The van der Waals surface area contributed by atoms with Crippen LogP contribution >= 0.6 is 23.4 Å². The van der Waals surface area contributed by atoms with Crippen molar-refractivity contribution in [1.82, 2.24) is 5.32 Å². The molecule has 4 rings (SSSR count). The zero-order chi connectivity index (χ0) is 19.9. The number of thioether (sulfide) groups is 1. The van der Waals surface area contributed by atoms with Crippen LogP contribution in [0, 0.1) is 0 Å². The zero-order valence-electron chi connectivity index (χ0n) is 13.8. The normalized spacial score (nSPS) is 18.8. The number of aliphatic imine (C=N–C) groups is 1. The predicted octanol–water partition coefficient (Wildman–Crippen LogP) is 4.98. The number of nitrogens with zero attached hydrogens (tertiary/aromatic N) is 1. The Morgan fingerprint density at radius 2 is 1.93 bits per heavy atom. The summed E-state index contributed by atoms with van der Waals surface area (Å²) in [6, 6.07) is 8.52. The lowest BCUT2D eigenvalue weighted by Crippen LogP contribution is -2.19. The van der Waals surface area contributed by atoms with E-state index in [0.29, 0.717) is 22.0 Å². The van der Waals surface area contributed by atoms with E-state index in [1.807, 2.05) is 0 Å². The van der Waals surface area contributed by atoms with Gasteiger partial charge in [0.1, 0.15) is 0 Å². The number of ether oxygens (including phenoxy) is 2. The van der Waals surface area contributed by atoms with Gasteiger partial charge in [-0.15, -0.1) is 0 Å². The fourth-order valence-electron chi connectivity index (χ4n) is 2.55. The molecule has 0 spiro atoms. The number of amidine groups is 1. The van der Waals surface area contributed by atoms with Gasteiger partial charge in [-0.05, 0) is 53.7 Å². The van der Waals surface area contributed by atoms with Gasteiger partial charge in [-0.25, -0.2) is 4.99 Å². The first-order chi connectivity index (χ1) is 13.3. The number of nitrogens with one attached hydrogen (secondary N) is 1. The molecule has 0 aliphatic carbocycles. The molecule has 0 unspecified atom stereocenters. The maximum Gasteiger partial charge on any atom is 0.417 e. The Balaban J connectivity index is 1.58. The first-order valence-electron chi connectivity index (χ1n) is 7.85. The Hall–Kier alpha value is -2.65. The number of alkyl halides is 3. The monoisotopic (exact) mass is 426 g/mol. The maximum absolute atomic E-state index is 13.0. The van der Waals surface area contributed by atoms with Gasteiger partial charge in [-0.3, -0.25) is 4.79 Å². The average Bonchev–Trinajstić information content (AvgIpc) is 3.22. The average molecular weight is 427 g/mol. The van der Waals surface area contributed by atoms with Gasteiger partial charge in [-0.1, -0.05) is 17.7 Å². The third-order valence-electron chi connectivity index (χ3n) is 3.83. The molecule has 0 radical (unpaired) electrons. The summed E-state index contributed by atoms with van der Waals surface area (Å²) < 4.78 is 49.4. The summed E-state index contributed by atoms with van der Waals surface area (Å²) >= 11 is 6.63. The van der Waals surface area contributed by atoms with Crippen molar-refractivity contribution in [1.29, 1.82) is 0 Å². The second-order valence-corrected chi connectivity index (χ2v) is 7.19. The molecule has 28 heavy (non-hydrogen) atoms. The van der Waals surface area contributed by atoms with Gasteiger partial charge in [0.15, 0.2) is 16.7 Å². The van der Waals surface area contributed by atoms with Crippen molar-refractivity contribution in [2.45, 2.75) is 6.18 Å². The number of fused-ring (bicyclic) bond motifs is 1. The molecule has 1 fully saturated rings. The summed E-state index contributed by atoms with van der Waals surface area (Å²) in [6.45, 7) is 0.141. The Morgan fingerprint density at radius 1 is 1.14 bits per heavy atom. The molecule has 144 valence electrons. The molecule has 1 N–H and O–H groups in total. The Morgan fingerprint density at radius 3 is 2.71 bits per heavy atom. The summed E-state index contributed by atoms with van der Waals surface area (Å²) in [4.78, 5) is 16.6. The summed E-state index contributed by atoms with van der Waals surface area (Å²) in [5.41, 5.74) is -0.237. The minimum Gasteiger partial charge on any atom is -0.454 e. The molecule has 2 aromatic carbocycles. The van der Waals surface area contributed by atoms with Crippen LogP contribution < -0.4 is 14.8 Å². The van der Waals surface area contributed by atoms with E-state index in [1.165, 1.54) is 6.07 Å². The van der Waals surface area contributed by atoms with E-state index in [0.717, 1.165) is 23.9 Å². The first-order valence-corrected chi connectivity index (χ1v) is 9.05. The van der Waals surface area contributed by atoms with Crippen LogP contribution in [0.15, 0.2) is 46.3 Å². The van der Waals surface area contributed by atoms with Crippen LogP contribution in [0.1, 0.15) is 11.1 Å². The molecular formula is C18H10ClF3N2O3S. The maximum atomic E-state index is 13.0. The highest BCUT2D eigenvalue weighted by Crippen LogP contribution is 2.38. The number of hydrogen-bond acceptors (Lipinski definition) is 5. The fraction of sp³-hybridized carbons (Fsp3) is 0.111. The van der Waals surface area contributed by atoms with E-state index >= 15 is 0 Å². The number of halogens is 4. The van der Waals surface area contributed by atoms with Gasteiger partial charge in [-0.2, -0.15) is 13.2 Å². The third kappa shape index (κ3) is 3.81. The number of benzene rings is 2. The second kappa shape index (κ2) is 7.06. The number of rotatable bonds is 2. The zero-order valence-corrected chi connectivity index (χ0v) is 15.4. The van der Waals surface area contributed by atoms with Gasteiger partial charge in [0.2, 0.25) is 6.79 Å². The van der Waals surface area contributed by atoms with E-state index in [2.05, 4.69) is 10.3 Å². The quantitative estimate of drug-likeness (QED) is 0.688. The molecule has 2 aliphatic rings. The largest absolute Gasteiger partial charge is 0.454 e. The highest BCUT2D eigenvalue weighted by molar-refractivity contribution is 8.18. The van der Waals surface area contributed by atoms with Crippen molar-refractivity contribution < 1.29 is 27.4 Å². The third-order valence-corrected chi connectivity index (χ3v) is 5.07. The molecule has 10 heteroatoms. The molecule has 1 amide bonds. The molecule has 2 aromatic rings. The smallest absolute Gasteiger partial charge is 0.417 e. The van der Waals surface area contributed by atoms with Crippen molar-refractivity contribution in [2.75, 3.05) is 6.79 Å². The molecule has 2 heterocycles. The van der Waals surface area contributed by atoms with Gasteiger partial charge in [0.25, 0.3) is 5.91 Å². The predicted molar refractivity (Wildman–Crippen MR) is 99.8 cm³/mol. The molecule has 0 atom stereocenters. The summed E-state index contributed by atoms with van der Waals surface area (Å²) in [7, 11) is 0. The highest BCUT2D eigenvalue weighted by atomic mass is 35.5. The van der Waals surface area contributed by atoms with Crippen molar-refractivity contribution >= 4 is 46.2 Å². The second-order valence-electron chi connectivity index (χ2n) is 5.76. The molecule has 2 aliphatic heterocycles. The molecule has 0 bridgehead atoms. The molecule has 5 nitrogen and oxygen atoms in total. The van der Waals surface area contributed by atoms with Crippen LogP contribution in [0.4, 0.5) is 18.9 Å². The SMILES string of the molecule is O=C1NC(=Nc2ccc(Cl)c(C(F)(F)F)c2)S/C1=C\c1ccc2c(c1)OCO2. The van der Waals surface area contributed by atoms with Crippen LogP contribution in [0.5, 0.6) is 11.5 Å². The minimum absolute atomic E-state index is 0.0313. The van der Waals surface area contributed by atoms with E-state index in [-0.39, 0.29) is 17.6 Å². The van der Waals surface area contributed by atoms with Crippen molar-refractivity contribution in [3.8, 4) is 11.5 Å². The number of carbonyl (C=O) groups is 1. The summed E-state index contributed by atoms with van der Waals surface area (Å²) in [5, 5.41) is 2.29. The van der Waals surface area contributed by atoms with Crippen molar-refractivity contribution in [2.24, 2.45) is 4.99 Å². The van der Waals surface area contributed by atoms with Crippen LogP contribution in [0.25, 0.3) is 6.08 Å². The standard InChI is InChI=1S/C18H10ClF3N2O3S/c19-12-3-2-10(7-11(12)18(20,21)22)23-17-24-16(25)15(28-17)6-9-1-4-13-14(5-9)27-8-26-13/h1-7H,8H2,(H,23,24,25)/b15-6-. The molecular weight excluding hydrogens is 417 g/mol. The van der Waals surface area contributed by atoms with E-state index in [4.69, 9.17) is 21.1 Å². The van der Waals surface area contributed by atoms with Crippen molar-refractivity contribution in [3.05, 3.63) is 57.5 Å². The number of amides is 1. The number of hydrogen-bond donors (Lipinski definition) is 1. The fourth-order valence-corrected chi connectivity index (χ4v) is 3.62. The lowest BCUT2D eigenvalue weighted by molar-refractivity contribution is -0.137. The van der Waals surface area contributed by atoms with Crippen LogP contribution in [0.2, 0.25) is 5.02 Å². The lowest BCUT2D eigenvalue weighted by Gasteiger charge is -2.09. The van der Waals surface area contributed by atoms with Gasteiger partial charge in [0.05, 0.1) is 21.2 Å². The Bertz CT molecular complexity index is 1040. The van der Waals surface area contributed by atoms with Crippen LogP contribution in [-0.4, -0.2) is 17.9 Å². The van der Waals surface area contributed by atoms with E-state index in [1.54, 1.807) is 24.3 Å². The molecule has 0 saturated carbocycles. The van der Waals surface area contributed by atoms with Crippen LogP contribution in [-0.2, 0) is 11.0 Å². The Labute approximate surface area is 166 Å². The lowest BCUT2D eigenvalue weighted by atomic mass is 10.2. The summed E-state index contributed by atoms with van der Waals surface area (Å²) in [5.74, 6) is 0.801. The van der Waals surface area contributed by atoms with Gasteiger partial charge in [0, 0.05) is 0 Å². The highest BCUT2D eigenvalue weighted by Gasteiger charge is 2.33. The minimum atomic E-state index is -4.59. The van der Waals surface area contributed by atoms with Gasteiger partial charge >= 0.3 is 6.18 Å².